The molecule has 0 aliphatic heterocycles. The highest BCUT2D eigenvalue weighted by Crippen LogP contribution is 2.35. The zero-order valence-corrected chi connectivity index (χ0v) is 14.7. The summed E-state index contributed by atoms with van der Waals surface area (Å²) in [6.45, 7) is 5.90. The van der Waals surface area contributed by atoms with Gasteiger partial charge in [-0.3, -0.25) is 15.0 Å². The molecule has 0 aliphatic rings. The number of nitrogens with one attached hydrogen (secondary N) is 1. The lowest BCUT2D eigenvalue weighted by atomic mass is 10.0. The molecule has 0 bridgehead atoms. The van der Waals surface area contributed by atoms with Crippen LogP contribution < -0.4 is 11.0 Å². The largest absolute Gasteiger partial charge is 0.281 e. The molecule has 0 aliphatic carbocycles. The highest BCUT2D eigenvalue weighted by molar-refractivity contribution is 7.19. The zero-order chi connectivity index (χ0) is 17.3. The Balaban J connectivity index is 2.11. The van der Waals surface area contributed by atoms with Gasteiger partial charge >= 0.3 is 0 Å². The first-order chi connectivity index (χ1) is 11.5. The normalized spacial score (nSPS) is 11.2. The van der Waals surface area contributed by atoms with Crippen molar-refractivity contribution < 1.29 is 4.79 Å². The number of benzene rings is 1. The van der Waals surface area contributed by atoms with Gasteiger partial charge in [0.15, 0.2) is 0 Å². The maximum absolute atomic E-state index is 12.9. The van der Waals surface area contributed by atoms with E-state index in [4.69, 9.17) is 0 Å². The molecule has 0 unspecified atom stereocenters. The summed E-state index contributed by atoms with van der Waals surface area (Å²) in [4.78, 5) is 30.9. The molecular formula is C18H19N3O2S. The van der Waals surface area contributed by atoms with Gasteiger partial charge in [0.2, 0.25) is 5.91 Å². The van der Waals surface area contributed by atoms with Crippen molar-refractivity contribution in [2.75, 3.05) is 5.43 Å². The minimum absolute atomic E-state index is 0.193. The van der Waals surface area contributed by atoms with Gasteiger partial charge in [0.05, 0.1) is 5.39 Å². The van der Waals surface area contributed by atoms with E-state index in [2.05, 4.69) is 10.4 Å². The Labute approximate surface area is 143 Å². The maximum atomic E-state index is 12.9. The topological polar surface area (TPSA) is 64.0 Å². The van der Waals surface area contributed by atoms with Gasteiger partial charge in [0.1, 0.15) is 11.2 Å². The maximum Gasteiger partial charge on any atom is 0.281 e. The summed E-state index contributed by atoms with van der Waals surface area (Å²) < 4.78 is 1.19. The fourth-order valence-corrected chi connectivity index (χ4v) is 3.69. The Hall–Kier alpha value is -2.47. The van der Waals surface area contributed by atoms with E-state index in [0.29, 0.717) is 16.6 Å². The second-order valence-electron chi connectivity index (χ2n) is 6.13. The van der Waals surface area contributed by atoms with Crippen molar-refractivity contribution in [3.05, 3.63) is 51.9 Å². The van der Waals surface area contributed by atoms with E-state index in [-0.39, 0.29) is 17.4 Å². The van der Waals surface area contributed by atoms with Crippen molar-refractivity contribution in [1.29, 1.82) is 0 Å². The molecule has 3 rings (SSSR count). The molecule has 3 aromatic rings. The molecule has 0 saturated heterocycles. The second-order valence-corrected chi connectivity index (χ2v) is 7.34. The van der Waals surface area contributed by atoms with Gasteiger partial charge in [-0.05, 0) is 18.4 Å². The lowest BCUT2D eigenvalue weighted by Gasteiger charge is -2.09. The van der Waals surface area contributed by atoms with E-state index < -0.39 is 0 Å². The minimum Gasteiger partial charge on any atom is -0.273 e. The lowest BCUT2D eigenvalue weighted by molar-refractivity contribution is -0.117. The zero-order valence-electron chi connectivity index (χ0n) is 13.9. The number of carbonyl (C=O) groups excluding carboxylic acids is 1. The summed E-state index contributed by atoms with van der Waals surface area (Å²) >= 11 is 1.49. The Morgan fingerprint density at radius 3 is 2.67 bits per heavy atom. The van der Waals surface area contributed by atoms with Crippen LogP contribution in [0.1, 0.15) is 25.1 Å². The summed E-state index contributed by atoms with van der Waals surface area (Å²) in [6.07, 6.45) is 1.74. The molecule has 5 nitrogen and oxygen atoms in total. The van der Waals surface area contributed by atoms with Crippen molar-refractivity contribution in [3.8, 4) is 11.1 Å². The highest BCUT2D eigenvalue weighted by atomic mass is 32.1. The third kappa shape index (κ3) is 3.10. The van der Waals surface area contributed by atoms with E-state index in [9.17, 15) is 9.59 Å². The first-order valence-electron chi connectivity index (χ1n) is 7.83. The molecule has 0 saturated carbocycles. The first-order valence-corrected chi connectivity index (χ1v) is 8.65. The van der Waals surface area contributed by atoms with Crippen LogP contribution in [0.4, 0.5) is 0 Å². The van der Waals surface area contributed by atoms with Crippen molar-refractivity contribution >= 4 is 27.5 Å². The van der Waals surface area contributed by atoms with Crippen LogP contribution in [-0.2, 0) is 4.79 Å². The van der Waals surface area contributed by atoms with Crippen LogP contribution in [0.3, 0.4) is 0 Å². The van der Waals surface area contributed by atoms with Crippen LogP contribution >= 0.6 is 11.3 Å². The van der Waals surface area contributed by atoms with Crippen LogP contribution in [-0.4, -0.2) is 15.6 Å². The standard InChI is InChI=1S/C18H19N3O2S/c1-11(2)9-14(22)20-21-10-19-17-16(18(21)23)15(12(3)24-17)13-7-5-4-6-8-13/h4-8,10-11H,9H2,1-3H3,(H,20,22). The molecule has 6 heteroatoms. The summed E-state index contributed by atoms with van der Waals surface area (Å²) in [6, 6.07) is 9.77. The Morgan fingerprint density at radius 1 is 1.29 bits per heavy atom. The van der Waals surface area contributed by atoms with E-state index in [1.807, 2.05) is 51.1 Å². The third-order valence-corrected chi connectivity index (χ3v) is 4.70. The van der Waals surface area contributed by atoms with Gasteiger partial charge < -0.3 is 0 Å². The Bertz CT molecular complexity index is 942. The molecule has 0 radical (unpaired) electrons. The van der Waals surface area contributed by atoms with Crippen LogP contribution in [0.5, 0.6) is 0 Å². The molecular weight excluding hydrogens is 322 g/mol. The molecule has 2 heterocycles. The van der Waals surface area contributed by atoms with Crippen molar-refractivity contribution in [1.82, 2.24) is 9.66 Å². The summed E-state index contributed by atoms with van der Waals surface area (Å²) in [7, 11) is 0. The predicted octanol–water partition coefficient (Wildman–Crippen LogP) is 3.55. The molecule has 124 valence electrons. The number of amides is 1. The fourth-order valence-electron chi connectivity index (χ4n) is 2.69. The van der Waals surface area contributed by atoms with Crippen molar-refractivity contribution in [2.45, 2.75) is 27.2 Å². The number of hydrogen-bond acceptors (Lipinski definition) is 4. The fraction of sp³-hybridized carbons (Fsp3) is 0.278. The number of rotatable bonds is 4. The Morgan fingerprint density at radius 2 is 2.00 bits per heavy atom. The van der Waals surface area contributed by atoms with Crippen LogP contribution in [0.2, 0.25) is 0 Å². The van der Waals surface area contributed by atoms with Gasteiger partial charge in [-0.1, -0.05) is 44.2 Å². The summed E-state index contributed by atoms with van der Waals surface area (Å²) in [5.74, 6) is 0.0297. The third-order valence-electron chi connectivity index (χ3n) is 3.69. The number of carbonyl (C=O) groups is 1. The number of aryl methyl sites for hydroxylation is 1. The highest BCUT2D eigenvalue weighted by Gasteiger charge is 2.17. The molecule has 0 atom stereocenters. The van der Waals surface area contributed by atoms with Crippen LogP contribution in [0.25, 0.3) is 21.3 Å². The SMILES string of the molecule is Cc1sc2ncn(NC(=O)CC(C)C)c(=O)c2c1-c1ccccc1. The van der Waals surface area contributed by atoms with Gasteiger partial charge in [0, 0.05) is 16.9 Å². The molecule has 1 N–H and O–H groups in total. The first kappa shape index (κ1) is 16.4. The van der Waals surface area contributed by atoms with Crippen molar-refractivity contribution in [2.24, 2.45) is 5.92 Å². The van der Waals surface area contributed by atoms with Gasteiger partial charge in [-0.2, -0.15) is 0 Å². The average Bonchev–Trinajstić information content (AvgIpc) is 2.87. The number of fused-ring (bicyclic) bond motifs is 1. The summed E-state index contributed by atoms with van der Waals surface area (Å²) in [5, 5.41) is 0.552. The summed E-state index contributed by atoms with van der Waals surface area (Å²) in [5.41, 5.74) is 4.25. The van der Waals surface area contributed by atoms with E-state index in [1.165, 1.54) is 22.3 Å². The number of hydrogen-bond donors (Lipinski definition) is 1. The van der Waals surface area contributed by atoms with E-state index in [1.54, 1.807) is 0 Å². The van der Waals surface area contributed by atoms with Crippen LogP contribution in [0.15, 0.2) is 41.5 Å². The Kier molecular flexibility index (Phi) is 4.49. The minimum atomic E-state index is -0.250. The smallest absolute Gasteiger partial charge is 0.273 e. The van der Waals surface area contributed by atoms with E-state index in [0.717, 1.165) is 16.0 Å². The number of thiophene rings is 1. The lowest BCUT2D eigenvalue weighted by Crippen LogP contribution is -2.33. The van der Waals surface area contributed by atoms with Gasteiger partial charge in [0.25, 0.3) is 5.56 Å². The molecule has 1 amide bonds. The molecule has 1 aromatic carbocycles. The van der Waals surface area contributed by atoms with Gasteiger partial charge in [-0.15, -0.1) is 11.3 Å². The molecule has 0 spiro atoms. The molecule has 24 heavy (non-hydrogen) atoms. The number of nitrogens with zero attached hydrogens (tertiary/aromatic N) is 2. The number of aromatic nitrogens is 2. The average molecular weight is 341 g/mol. The monoisotopic (exact) mass is 341 g/mol. The van der Waals surface area contributed by atoms with Crippen molar-refractivity contribution in [3.63, 3.8) is 0 Å². The second kappa shape index (κ2) is 6.57. The van der Waals surface area contributed by atoms with E-state index >= 15 is 0 Å². The quantitative estimate of drug-likeness (QED) is 0.789. The molecule has 2 aromatic heterocycles. The predicted molar refractivity (Wildman–Crippen MR) is 97.9 cm³/mol. The molecule has 0 fully saturated rings. The van der Waals surface area contributed by atoms with Gasteiger partial charge in [-0.25, -0.2) is 9.66 Å². The van der Waals surface area contributed by atoms with Crippen LogP contribution in [0, 0.1) is 12.8 Å².